The highest BCUT2D eigenvalue weighted by Crippen LogP contribution is 2.18. The van der Waals surface area contributed by atoms with Crippen molar-refractivity contribution in [3.63, 3.8) is 0 Å². The molecule has 32 heavy (non-hydrogen) atoms. The van der Waals surface area contributed by atoms with Crippen LogP contribution >= 0.6 is 0 Å². The first-order chi connectivity index (χ1) is 15.6. The zero-order valence-corrected chi connectivity index (χ0v) is 18.5. The Morgan fingerprint density at radius 2 is 1.69 bits per heavy atom. The molecule has 2 aromatic carbocycles. The summed E-state index contributed by atoms with van der Waals surface area (Å²) in [7, 11) is 0. The summed E-state index contributed by atoms with van der Waals surface area (Å²) in [6, 6.07) is 17.1. The van der Waals surface area contributed by atoms with Gasteiger partial charge in [-0.2, -0.15) is 0 Å². The Hall–Kier alpha value is -3.15. The molecular weight excluding hydrogens is 404 g/mol. The van der Waals surface area contributed by atoms with Crippen LogP contribution in [-0.2, 0) is 20.7 Å². The van der Waals surface area contributed by atoms with E-state index in [4.69, 9.17) is 4.74 Å². The molecule has 170 valence electrons. The fourth-order valence-electron chi connectivity index (χ4n) is 3.87. The van der Waals surface area contributed by atoms with E-state index < -0.39 is 0 Å². The average Bonchev–Trinajstić information content (AvgIpc) is 2.82. The molecule has 0 radical (unpaired) electrons. The number of anilines is 1. The molecule has 0 spiro atoms. The second-order valence-corrected chi connectivity index (χ2v) is 8.25. The molecule has 2 aromatic rings. The highest BCUT2D eigenvalue weighted by atomic mass is 16.5. The predicted octanol–water partition coefficient (Wildman–Crippen LogP) is 4.64. The van der Waals surface area contributed by atoms with Crippen LogP contribution in [0.3, 0.4) is 0 Å². The van der Waals surface area contributed by atoms with Gasteiger partial charge >= 0.3 is 5.97 Å². The van der Waals surface area contributed by atoms with Gasteiger partial charge in [-0.05, 0) is 49.4 Å². The standard InChI is InChI=1S/C26H32N2O4/c29-24(16-17-25(30)32-18-8-11-20-9-3-1-4-10-20)27-23-15-7-12-21(19-23)26(31)28-22-13-5-2-6-14-22/h1,3-4,7,9-10,12,15,19,22H,2,5-6,8,11,13-14,16-18H2,(H,27,29)(H,28,31). The van der Waals surface area contributed by atoms with Gasteiger partial charge in [0.2, 0.25) is 5.91 Å². The Bertz CT molecular complexity index is 892. The second-order valence-electron chi connectivity index (χ2n) is 8.25. The van der Waals surface area contributed by atoms with Crippen molar-refractivity contribution in [3.8, 4) is 0 Å². The first-order valence-corrected chi connectivity index (χ1v) is 11.5. The molecule has 0 saturated heterocycles. The van der Waals surface area contributed by atoms with Crippen LogP contribution in [0.2, 0.25) is 0 Å². The Morgan fingerprint density at radius 3 is 2.47 bits per heavy atom. The second kappa shape index (κ2) is 12.6. The average molecular weight is 437 g/mol. The molecule has 1 aliphatic carbocycles. The van der Waals surface area contributed by atoms with Crippen LogP contribution in [0, 0.1) is 0 Å². The fraction of sp³-hybridized carbons (Fsp3) is 0.423. The lowest BCUT2D eigenvalue weighted by atomic mass is 9.95. The summed E-state index contributed by atoms with van der Waals surface area (Å²) in [6.45, 7) is 0.341. The summed E-state index contributed by atoms with van der Waals surface area (Å²) < 4.78 is 5.22. The van der Waals surface area contributed by atoms with Crippen molar-refractivity contribution in [1.29, 1.82) is 0 Å². The number of rotatable bonds is 10. The summed E-state index contributed by atoms with van der Waals surface area (Å²) >= 11 is 0. The van der Waals surface area contributed by atoms with Crippen LogP contribution in [0.4, 0.5) is 5.69 Å². The van der Waals surface area contributed by atoms with Gasteiger partial charge in [0, 0.05) is 23.7 Å². The van der Waals surface area contributed by atoms with Gasteiger partial charge in [-0.3, -0.25) is 14.4 Å². The van der Waals surface area contributed by atoms with Crippen molar-refractivity contribution in [3.05, 3.63) is 65.7 Å². The maximum Gasteiger partial charge on any atom is 0.306 e. The number of carbonyl (C=O) groups is 3. The number of nitrogens with one attached hydrogen (secondary N) is 2. The third-order valence-corrected chi connectivity index (χ3v) is 5.62. The summed E-state index contributed by atoms with van der Waals surface area (Å²) in [5.41, 5.74) is 2.27. The third-order valence-electron chi connectivity index (χ3n) is 5.62. The highest BCUT2D eigenvalue weighted by Gasteiger charge is 2.17. The van der Waals surface area contributed by atoms with Crippen molar-refractivity contribution in [2.45, 2.75) is 63.8 Å². The SMILES string of the molecule is O=C(CCC(=O)OCCCc1ccccc1)Nc1cccc(C(=O)NC2CCCCC2)c1. The quantitative estimate of drug-likeness (QED) is 0.420. The van der Waals surface area contributed by atoms with Gasteiger partial charge in [-0.25, -0.2) is 0 Å². The number of benzene rings is 2. The molecule has 0 unspecified atom stereocenters. The number of hydrogen-bond donors (Lipinski definition) is 2. The van der Waals surface area contributed by atoms with Gasteiger partial charge in [-0.15, -0.1) is 0 Å². The molecule has 1 fully saturated rings. The van der Waals surface area contributed by atoms with E-state index >= 15 is 0 Å². The minimum atomic E-state index is -0.381. The largest absolute Gasteiger partial charge is 0.466 e. The van der Waals surface area contributed by atoms with Crippen molar-refractivity contribution in [2.75, 3.05) is 11.9 Å². The van der Waals surface area contributed by atoms with Crippen LogP contribution in [0.15, 0.2) is 54.6 Å². The Kier molecular flexibility index (Phi) is 9.29. The number of esters is 1. The predicted molar refractivity (Wildman–Crippen MR) is 124 cm³/mol. The zero-order valence-electron chi connectivity index (χ0n) is 18.5. The number of hydrogen-bond acceptors (Lipinski definition) is 4. The van der Waals surface area contributed by atoms with Gasteiger partial charge in [0.15, 0.2) is 0 Å². The monoisotopic (exact) mass is 436 g/mol. The minimum absolute atomic E-state index is 0.0268. The number of amides is 2. The van der Waals surface area contributed by atoms with E-state index in [1.54, 1.807) is 24.3 Å². The normalized spacial score (nSPS) is 13.9. The van der Waals surface area contributed by atoms with Crippen LogP contribution in [-0.4, -0.2) is 30.4 Å². The Morgan fingerprint density at radius 1 is 0.906 bits per heavy atom. The Labute approximate surface area is 189 Å². The molecule has 1 saturated carbocycles. The number of ether oxygens (including phenoxy) is 1. The van der Waals surface area contributed by atoms with Gasteiger partial charge in [-0.1, -0.05) is 55.7 Å². The van der Waals surface area contributed by atoms with E-state index in [-0.39, 0.29) is 36.7 Å². The van der Waals surface area contributed by atoms with Crippen molar-refractivity contribution in [1.82, 2.24) is 5.32 Å². The van der Waals surface area contributed by atoms with Crippen molar-refractivity contribution >= 4 is 23.5 Å². The summed E-state index contributed by atoms with van der Waals surface area (Å²) in [5, 5.41) is 5.84. The first-order valence-electron chi connectivity index (χ1n) is 11.5. The highest BCUT2D eigenvalue weighted by molar-refractivity contribution is 5.97. The van der Waals surface area contributed by atoms with E-state index in [0.29, 0.717) is 17.9 Å². The molecule has 6 nitrogen and oxygen atoms in total. The molecule has 0 aromatic heterocycles. The van der Waals surface area contributed by atoms with Crippen molar-refractivity contribution < 1.29 is 19.1 Å². The molecule has 0 atom stereocenters. The lowest BCUT2D eigenvalue weighted by molar-refractivity contribution is -0.144. The molecule has 6 heteroatoms. The topological polar surface area (TPSA) is 84.5 Å². The fourth-order valence-corrected chi connectivity index (χ4v) is 3.87. The van der Waals surface area contributed by atoms with E-state index in [9.17, 15) is 14.4 Å². The van der Waals surface area contributed by atoms with Crippen LogP contribution in [0.1, 0.15) is 67.3 Å². The molecule has 2 N–H and O–H groups in total. The van der Waals surface area contributed by atoms with E-state index in [1.807, 2.05) is 30.3 Å². The molecule has 2 amide bonds. The maximum absolute atomic E-state index is 12.5. The summed E-state index contributed by atoms with van der Waals surface area (Å²) in [6.07, 6.45) is 7.23. The Balaban J connectivity index is 1.35. The lowest BCUT2D eigenvalue weighted by Crippen LogP contribution is -2.36. The van der Waals surface area contributed by atoms with Gasteiger partial charge in [0.05, 0.1) is 13.0 Å². The van der Waals surface area contributed by atoms with Gasteiger partial charge < -0.3 is 15.4 Å². The van der Waals surface area contributed by atoms with Crippen LogP contribution in [0.5, 0.6) is 0 Å². The zero-order chi connectivity index (χ0) is 22.6. The molecule has 0 bridgehead atoms. The minimum Gasteiger partial charge on any atom is -0.466 e. The first kappa shape index (κ1) is 23.5. The van der Waals surface area contributed by atoms with E-state index in [0.717, 1.165) is 38.5 Å². The van der Waals surface area contributed by atoms with E-state index in [1.165, 1.54) is 12.0 Å². The lowest BCUT2D eigenvalue weighted by Gasteiger charge is -2.22. The molecule has 3 rings (SSSR count). The van der Waals surface area contributed by atoms with Gasteiger partial charge in [0.1, 0.15) is 0 Å². The van der Waals surface area contributed by atoms with Gasteiger partial charge in [0.25, 0.3) is 5.91 Å². The van der Waals surface area contributed by atoms with Crippen LogP contribution in [0.25, 0.3) is 0 Å². The summed E-state index contributed by atoms with van der Waals surface area (Å²) in [4.78, 5) is 36.6. The van der Waals surface area contributed by atoms with Crippen LogP contribution < -0.4 is 10.6 Å². The number of aryl methyl sites for hydroxylation is 1. The summed E-state index contributed by atoms with van der Waals surface area (Å²) in [5.74, 6) is -0.781. The third kappa shape index (κ3) is 8.17. The number of carbonyl (C=O) groups excluding carboxylic acids is 3. The molecular formula is C26H32N2O4. The van der Waals surface area contributed by atoms with Crippen molar-refractivity contribution in [2.24, 2.45) is 0 Å². The maximum atomic E-state index is 12.5. The van der Waals surface area contributed by atoms with E-state index in [2.05, 4.69) is 10.6 Å². The smallest absolute Gasteiger partial charge is 0.306 e. The molecule has 0 heterocycles. The molecule has 1 aliphatic rings. The molecule has 0 aliphatic heterocycles.